The van der Waals surface area contributed by atoms with E-state index < -0.39 is 0 Å². The van der Waals surface area contributed by atoms with Gasteiger partial charge in [-0.3, -0.25) is 0 Å². The molecule has 0 bridgehead atoms. The molecule has 0 spiro atoms. The monoisotopic (exact) mass is 222 g/mol. The average Bonchev–Trinajstić information content (AvgIpc) is 2.30. The van der Waals surface area contributed by atoms with Crippen molar-refractivity contribution in [2.75, 3.05) is 5.75 Å². The van der Waals surface area contributed by atoms with E-state index in [9.17, 15) is 4.39 Å². The fourth-order valence-electron chi connectivity index (χ4n) is 2.13. The molecule has 0 amide bonds. The molecule has 0 aliphatic heterocycles. The minimum Gasteiger partial charge on any atom is -0.207 e. The highest BCUT2D eigenvalue weighted by Gasteiger charge is 2.17. The molecule has 0 aromatic heterocycles. The van der Waals surface area contributed by atoms with Crippen LogP contribution in [0.5, 0.6) is 0 Å². The van der Waals surface area contributed by atoms with Gasteiger partial charge in [0.05, 0.1) is 0 Å². The minimum absolute atomic E-state index is 0.169. The fraction of sp³-hybridized carbons (Fsp3) is 0.385. The molecule has 1 aliphatic carbocycles. The Bertz CT molecular complexity index is 353. The summed E-state index contributed by atoms with van der Waals surface area (Å²) in [6.07, 6.45) is 5.86. The Morgan fingerprint density at radius 2 is 2.00 bits per heavy atom. The molecule has 15 heavy (non-hydrogen) atoms. The molecule has 1 aromatic rings. The highest BCUT2D eigenvalue weighted by atomic mass is 32.1. The van der Waals surface area contributed by atoms with Gasteiger partial charge in [0.15, 0.2) is 0 Å². The number of thiol groups is 1. The smallest absolute Gasteiger partial charge is 0.123 e. The zero-order valence-electron chi connectivity index (χ0n) is 8.62. The number of allylic oxidation sites excluding steroid dienone is 2. The van der Waals surface area contributed by atoms with Gasteiger partial charge in [-0.15, -0.1) is 0 Å². The maximum Gasteiger partial charge on any atom is 0.123 e. The van der Waals surface area contributed by atoms with Crippen molar-refractivity contribution in [1.82, 2.24) is 0 Å². The molecule has 1 atom stereocenters. The summed E-state index contributed by atoms with van der Waals surface area (Å²) < 4.78 is 12.8. The summed E-state index contributed by atoms with van der Waals surface area (Å²) in [5, 5.41) is 0. The van der Waals surface area contributed by atoms with Gasteiger partial charge in [-0.2, -0.15) is 12.6 Å². The molecule has 0 nitrogen and oxygen atoms in total. The molecule has 1 aromatic carbocycles. The Balaban J connectivity index is 2.28. The molecule has 80 valence electrons. The molecular weight excluding hydrogens is 207 g/mol. The third-order valence-electron chi connectivity index (χ3n) is 2.96. The molecule has 1 aliphatic rings. The van der Waals surface area contributed by atoms with Gasteiger partial charge in [-0.1, -0.05) is 18.2 Å². The molecule has 0 heterocycles. The van der Waals surface area contributed by atoms with Crippen molar-refractivity contribution >= 4 is 18.2 Å². The second-order valence-corrected chi connectivity index (χ2v) is 4.34. The summed E-state index contributed by atoms with van der Waals surface area (Å²) >= 11 is 4.38. The van der Waals surface area contributed by atoms with Crippen LogP contribution >= 0.6 is 12.6 Å². The zero-order valence-corrected chi connectivity index (χ0v) is 9.51. The van der Waals surface area contributed by atoms with Crippen LogP contribution in [0.1, 0.15) is 24.8 Å². The van der Waals surface area contributed by atoms with Gasteiger partial charge >= 0.3 is 0 Å². The molecule has 0 saturated heterocycles. The SMILES string of the molecule is Fc1ccc(C2=CCCC[C@@H]2CS)cc1. The van der Waals surface area contributed by atoms with Gasteiger partial charge in [0.2, 0.25) is 0 Å². The quantitative estimate of drug-likeness (QED) is 0.720. The van der Waals surface area contributed by atoms with Gasteiger partial charge < -0.3 is 0 Å². The van der Waals surface area contributed by atoms with Crippen molar-refractivity contribution in [2.24, 2.45) is 5.92 Å². The fourth-order valence-corrected chi connectivity index (χ4v) is 2.51. The Morgan fingerprint density at radius 3 is 2.67 bits per heavy atom. The summed E-state index contributed by atoms with van der Waals surface area (Å²) in [4.78, 5) is 0. The second-order valence-electron chi connectivity index (χ2n) is 3.98. The Morgan fingerprint density at radius 1 is 1.27 bits per heavy atom. The van der Waals surface area contributed by atoms with Gasteiger partial charge in [-0.05, 0) is 54.2 Å². The summed E-state index contributed by atoms with van der Waals surface area (Å²) in [6.45, 7) is 0. The lowest BCUT2D eigenvalue weighted by atomic mass is 9.85. The van der Waals surface area contributed by atoms with Crippen LogP contribution in [0, 0.1) is 11.7 Å². The van der Waals surface area contributed by atoms with E-state index in [2.05, 4.69) is 18.7 Å². The van der Waals surface area contributed by atoms with Crippen LogP contribution in [-0.4, -0.2) is 5.75 Å². The number of hydrogen-bond acceptors (Lipinski definition) is 1. The van der Waals surface area contributed by atoms with Crippen molar-refractivity contribution in [3.63, 3.8) is 0 Å². The van der Waals surface area contributed by atoms with Crippen LogP contribution in [0.15, 0.2) is 30.3 Å². The largest absolute Gasteiger partial charge is 0.207 e. The molecule has 0 N–H and O–H groups in total. The van der Waals surface area contributed by atoms with Crippen molar-refractivity contribution in [3.05, 3.63) is 41.7 Å². The van der Waals surface area contributed by atoms with Crippen molar-refractivity contribution in [3.8, 4) is 0 Å². The molecule has 0 saturated carbocycles. The Labute approximate surface area is 95.6 Å². The van der Waals surface area contributed by atoms with Crippen LogP contribution in [0.25, 0.3) is 5.57 Å². The summed E-state index contributed by atoms with van der Waals surface area (Å²) in [7, 11) is 0. The number of rotatable bonds is 2. The highest BCUT2D eigenvalue weighted by Crippen LogP contribution is 2.33. The lowest BCUT2D eigenvalue weighted by Crippen LogP contribution is -2.09. The molecular formula is C13H15FS. The first-order valence-electron chi connectivity index (χ1n) is 5.38. The van der Waals surface area contributed by atoms with Gasteiger partial charge in [0.25, 0.3) is 0 Å². The van der Waals surface area contributed by atoms with Gasteiger partial charge in [-0.25, -0.2) is 4.39 Å². The molecule has 2 heteroatoms. The van der Waals surface area contributed by atoms with Crippen LogP contribution in [0.3, 0.4) is 0 Å². The standard InChI is InChI=1S/C13H15FS/c14-12-7-5-10(6-8-12)13-4-2-1-3-11(13)9-15/h4-8,11,15H,1-3,9H2/t11-/m1/s1. The Hall–Kier alpha value is -0.760. The van der Waals surface area contributed by atoms with Crippen LogP contribution in [0.4, 0.5) is 4.39 Å². The van der Waals surface area contributed by atoms with E-state index in [-0.39, 0.29) is 5.82 Å². The second kappa shape index (κ2) is 4.84. The van der Waals surface area contributed by atoms with Crippen LogP contribution in [0.2, 0.25) is 0 Å². The topological polar surface area (TPSA) is 0 Å². The third-order valence-corrected chi connectivity index (χ3v) is 3.40. The Kier molecular flexibility index (Phi) is 3.47. The van der Waals surface area contributed by atoms with E-state index in [1.54, 1.807) is 0 Å². The van der Waals surface area contributed by atoms with Crippen molar-refractivity contribution in [1.29, 1.82) is 0 Å². The highest BCUT2D eigenvalue weighted by molar-refractivity contribution is 7.80. The molecule has 0 unspecified atom stereocenters. The van der Waals surface area contributed by atoms with E-state index in [1.165, 1.54) is 30.5 Å². The third kappa shape index (κ3) is 2.43. The van der Waals surface area contributed by atoms with Crippen LogP contribution in [-0.2, 0) is 0 Å². The van der Waals surface area contributed by atoms with E-state index in [0.717, 1.165) is 17.7 Å². The zero-order chi connectivity index (χ0) is 10.7. The maximum atomic E-state index is 12.8. The van der Waals surface area contributed by atoms with Crippen molar-refractivity contribution in [2.45, 2.75) is 19.3 Å². The minimum atomic E-state index is -0.169. The van der Waals surface area contributed by atoms with Crippen molar-refractivity contribution < 1.29 is 4.39 Å². The predicted molar refractivity (Wildman–Crippen MR) is 65.6 cm³/mol. The first kappa shape index (κ1) is 10.7. The number of benzene rings is 1. The van der Waals surface area contributed by atoms with E-state index in [1.807, 2.05) is 12.1 Å². The van der Waals surface area contributed by atoms with E-state index in [0.29, 0.717) is 5.92 Å². The molecule has 2 rings (SSSR count). The lowest BCUT2D eigenvalue weighted by Gasteiger charge is -2.23. The molecule has 0 fully saturated rings. The predicted octanol–water partition coefficient (Wildman–Crippen LogP) is 3.94. The average molecular weight is 222 g/mol. The van der Waals surface area contributed by atoms with Gasteiger partial charge in [0.1, 0.15) is 5.82 Å². The lowest BCUT2D eigenvalue weighted by molar-refractivity contribution is 0.608. The summed E-state index contributed by atoms with van der Waals surface area (Å²) in [6, 6.07) is 6.78. The number of hydrogen-bond donors (Lipinski definition) is 1. The first-order valence-corrected chi connectivity index (χ1v) is 6.01. The summed E-state index contributed by atoms with van der Waals surface area (Å²) in [5.74, 6) is 1.24. The van der Waals surface area contributed by atoms with Crippen LogP contribution < -0.4 is 0 Å². The van der Waals surface area contributed by atoms with Gasteiger partial charge in [0, 0.05) is 0 Å². The molecule has 0 radical (unpaired) electrons. The maximum absolute atomic E-state index is 12.8. The normalized spacial score (nSPS) is 21.2. The van der Waals surface area contributed by atoms with E-state index in [4.69, 9.17) is 0 Å². The summed E-state index contributed by atoms with van der Waals surface area (Å²) in [5.41, 5.74) is 2.49. The number of halogens is 1. The van der Waals surface area contributed by atoms with E-state index >= 15 is 0 Å². The first-order chi connectivity index (χ1) is 7.31.